The van der Waals surface area contributed by atoms with Gasteiger partial charge in [0.25, 0.3) is 0 Å². The van der Waals surface area contributed by atoms with Gasteiger partial charge in [-0.25, -0.2) is 4.79 Å². The van der Waals surface area contributed by atoms with E-state index >= 15 is 0 Å². The molecule has 1 aromatic carbocycles. The largest absolute Gasteiger partial charge is 0.467 e. The van der Waals surface area contributed by atoms with Gasteiger partial charge in [-0.15, -0.1) is 0 Å². The Labute approximate surface area is 279 Å². The third kappa shape index (κ3) is 5.70. The van der Waals surface area contributed by atoms with Crippen LogP contribution in [0.2, 0.25) is 0 Å². The van der Waals surface area contributed by atoms with Crippen LogP contribution in [0.15, 0.2) is 54.3 Å². The second kappa shape index (κ2) is 12.7. The van der Waals surface area contributed by atoms with Gasteiger partial charge in [-0.05, 0) is 67.7 Å². The van der Waals surface area contributed by atoms with Crippen molar-refractivity contribution < 1.29 is 43.7 Å². The van der Waals surface area contributed by atoms with E-state index in [0.29, 0.717) is 12.8 Å². The van der Waals surface area contributed by atoms with Gasteiger partial charge in [0, 0.05) is 46.7 Å². The van der Waals surface area contributed by atoms with Crippen molar-refractivity contribution in [2.24, 2.45) is 28.6 Å². The van der Waals surface area contributed by atoms with Crippen molar-refractivity contribution in [1.29, 1.82) is 0 Å². The van der Waals surface area contributed by atoms with Crippen LogP contribution >= 0.6 is 0 Å². The lowest BCUT2D eigenvalue weighted by Crippen LogP contribution is -2.61. The van der Waals surface area contributed by atoms with E-state index in [1.54, 1.807) is 18.3 Å². The van der Waals surface area contributed by atoms with Crippen molar-refractivity contribution in [2.45, 2.75) is 83.0 Å². The Bertz CT molecular complexity index is 1710. The summed E-state index contributed by atoms with van der Waals surface area (Å²) >= 11 is 0. The number of benzene rings is 1. The summed E-state index contributed by atoms with van der Waals surface area (Å²) in [5.41, 5.74) is -0.424. The molecule has 0 bridgehead atoms. The monoisotopic (exact) mass is 660 g/mol. The van der Waals surface area contributed by atoms with Gasteiger partial charge in [-0.2, -0.15) is 0 Å². The van der Waals surface area contributed by atoms with Gasteiger partial charge in [0.2, 0.25) is 11.7 Å². The number of esters is 2. The topological polar surface area (TPSA) is 172 Å². The number of H-pyrrole nitrogens is 1. The summed E-state index contributed by atoms with van der Waals surface area (Å²) in [4.78, 5) is 66.6. The van der Waals surface area contributed by atoms with Crippen LogP contribution in [0.3, 0.4) is 0 Å². The molecule has 8 atom stereocenters. The van der Waals surface area contributed by atoms with E-state index < -0.39 is 58.8 Å². The standard InChI is InChI=1S/C37H44N2O9/c1-35-14-12-23(40)17-22(35)8-9-25-26-13-15-37(46,36(26,2)18-29(41)33(25)35)30(42)20-48-32(44)11-10-31(43)39-28(34(45)47-3)16-21-19-38-27-7-5-4-6-24(21)27/h4-7,12,14,17,19,25-26,28-29,33,38,41,46H,8-11,13,15-16,18,20H2,1-3H3,(H,39,43)/t25-,26-,28-,29+,33+,35-,36-,37+/m0/s1. The minimum absolute atomic E-state index is 0.0318. The summed E-state index contributed by atoms with van der Waals surface area (Å²) in [6, 6.07) is 6.61. The lowest BCUT2D eigenvalue weighted by atomic mass is 9.46. The normalized spacial score (nSPS) is 32.8. The van der Waals surface area contributed by atoms with Crippen molar-refractivity contribution >= 4 is 40.3 Å². The fourth-order valence-corrected chi connectivity index (χ4v) is 9.46. The Hall–Kier alpha value is -4.09. The molecule has 0 aliphatic heterocycles. The number of hydrogen-bond acceptors (Lipinski definition) is 9. The number of allylic oxidation sites excluding steroid dienone is 4. The minimum Gasteiger partial charge on any atom is -0.467 e. The number of aromatic nitrogens is 1. The lowest BCUT2D eigenvalue weighted by Gasteiger charge is -2.59. The molecule has 0 radical (unpaired) electrons. The van der Waals surface area contributed by atoms with Gasteiger partial charge in [-0.1, -0.05) is 43.7 Å². The zero-order valence-corrected chi connectivity index (χ0v) is 27.6. The molecule has 2 aromatic rings. The molecule has 48 heavy (non-hydrogen) atoms. The smallest absolute Gasteiger partial charge is 0.328 e. The number of carbonyl (C=O) groups is 5. The lowest BCUT2D eigenvalue weighted by molar-refractivity contribution is -0.181. The number of amides is 1. The molecule has 11 nitrogen and oxygen atoms in total. The van der Waals surface area contributed by atoms with E-state index in [4.69, 9.17) is 9.47 Å². The molecule has 1 aromatic heterocycles. The Morgan fingerprint density at radius 3 is 2.67 bits per heavy atom. The molecule has 1 amide bonds. The summed E-state index contributed by atoms with van der Waals surface area (Å²) in [6.45, 7) is 3.27. The van der Waals surface area contributed by atoms with Gasteiger partial charge >= 0.3 is 11.9 Å². The van der Waals surface area contributed by atoms with Crippen molar-refractivity contribution in [3.8, 4) is 0 Å². The first-order chi connectivity index (χ1) is 22.8. The van der Waals surface area contributed by atoms with E-state index in [9.17, 15) is 34.2 Å². The maximum Gasteiger partial charge on any atom is 0.328 e. The number of ether oxygens (including phenoxy) is 2. The van der Waals surface area contributed by atoms with Gasteiger partial charge in [0.1, 0.15) is 11.6 Å². The number of Topliss-reactive ketones (excluding diaryl/α,β-unsaturated/α-hetero) is 1. The Morgan fingerprint density at radius 2 is 1.90 bits per heavy atom. The summed E-state index contributed by atoms with van der Waals surface area (Å²) < 4.78 is 10.1. The first-order valence-corrected chi connectivity index (χ1v) is 16.8. The molecular weight excluding hydrogens is 616 g/mol. The highest BCUT2D eigenvalue weighted by Gasteiger charge is 2.68. The maximum atomic E-state index is 13.6. The average molecular weight is 661 g/mol. The quantitative estimate of drug-likeness (QED) is 0.279. The average Bonchev–Trinajstić information content (AvgIpc) is 3.59. The number of para-hydroxylation sites is 1. The van der Waals surface area contributed by atoms with Gasteiger partial charge in [-0.3, -0.25) is 19.2 Å². The third-order valence-electron chi connectivity index (χ3n) is 11.9. The number of aliphatic hydroxyl groups excluding tert-OH is 1. The van der Waals surface area contributed by atoms with Gasteiger partial charge in [0.15, 0.2) is 12.4 Å². The number of hydrogen-bond donors (Lipinski definition) is 4. The number of fused-ring (bicyclic) bond motifs is 6. The van der Waals surface area contributed by atoms with Crippen LogP contribution in [-0.4, -0.2) is 76.1 Å². The van der Waals surface area contributed by atoms with Gasteiger partial charge < -0.3 is 30.0 Å². The summed E-state index contributed by atoms with van der Waals surface area (Å²) in [5, 5.41) is 27.0. The van der Waals surface area contributed by atoms with E-state index in [1.165, 1.54) is 7.11 Å². The highest BCUT2D eigenvalue weighted by Crippen LogP contribution is 2.67. The zero-order chi connectivity index (χ0) is 34.4. The fraction of sp³-hybridized carbons (Fsp3) is 0.541. The van der Waals surface area contributed by atoms with Crippen LogP contribution in [-0.2, 0) is 39.9 Å². The summed E-state index contributed by atoms with van der Waals surface area (Å²) in [7, 11) is 1.23. The molecule has 4 aliphatic carbocycles. The molecular formula is C37H44N2O9. The van der Waals surface area contributed by atoms with Crippen molar-refractivity contribution in [1.82, 2.24) is 10.3 Å². The van der Waals surface area contributed by atoms with Gasteiger partial charge in [0.05, 0.1) is 19.6 Å². The minimum atomic E-state index is -1.78. The van der Waals surface area contributed by atoms with Crippen LogP contribution < -0.4 is 5.32 Å². The number of ketones is 2. The van der Waals surface area contributed by atoms with Crippen LogP contribution in [0.5, 0.6) is 0 Å². The first kappa shape index (κ1) is 33.8. The summed E-state index contributed by atoms with van der Waals surface area (Å²) in [6.07, 6.45) is 8.20. The van der Waals surface area contributed by atoms with E-state index in [-0.39, 0.29) is 55.6 Å². The highest BCUT2D eigenvalue weighted by molar-refractivity contribution is 6.01. The Morgan fingerprint density at radius 1 is 1.12 bits per heavy atom. The zero-order valence-electron chi connectivity index (χ0n) is 27.6. The molecule has 0 unspecified atom stereocenters. The molecule has 0 spiro atoms. The SMILES string of the molecule is COC(=O)[C@H](Cc1c[nH]c2ccccc12)NC(=O)CCC(=O)OCC(=O)[C@]1(O)CC[C@H]2[C@@H]3CCC4=CC(=O)C=C[C@]4(C)[C@H]3[C@H](O)C[C@@]21C. The molecule has 1 heterocycles. The number of carbonyl (C=O) groups excluding carboxylic acids is 5. The molecule has 4 aliphatic rings. The van der Waals surface area contributed by atoms with Crippen molar-refractivity contribution in [3.63, 3.8) is 0 Å². The predicted molar refractivity (Wildman–Crippen MR) is 174 cm³/mol. The number of aliphatic hydroxyl groups is 2. The number of nitrogens with one attached hydrogen (secondary N) is 2. The molecule has 3 fully saturated rings. The van der Waals surface area contributed by atoms with E-state index in [0.717, 1.165) is 28.5 Å². The number of methoxy groups -OCH3 is 1. The molecule has 4 N–H and O–H groups in total. The molecule has 0 saturated heterocycles. The Kier molecular flexibility index (Phi) is 8.97. The van der Waals surface area contributed by atoms with Crippen LogP contribution in [0.25, 0.3) is 10.9 Å². The fourth-order valence-electron chi connectivity index (χ4n) is 9.46. The van der Waals surface area contributed by atoms with E-state index in [2.05, 4.69) is 17.2 Å². The van der Waals surface area contributed by atoms with Crippen molar-refractivity contribution in [3.05, 3.63) is 59.8 Å². The Balaban J connectivity index is 1.04. The summed E-state index contributed by atoms with van der Waals surface area (Å²) in [5.74, 6) is -2.74. The van der Waals surface area contributed by atoms with Crippen LogP contribution in [0.4, 0.5) is 0 Å². The second-order valence-electron chi connectivity index (χ2n) is 14.4. The maximum absolute atomic E-state index is 13.6. The third-order valence-corrected chi connectivity index (χ3v) is 11.9. The van der Waals surface area contributed by atoms with Crippen molar-refractivity contribution in [2.75, 3.05) is 13.7 Å². The predicted octanol–water partition coefficient (Wildman–Crippen LogP) is 3.27. The number of rotatable bonds is 10. The number of aromatic amines is 1. The second-order valence-corrected chi connectivity index (χ2v) is 14.4. The van der Waals surface area contributed by atoms with Crippen LogP contribution in [0, 0.1) is 28.6 Å². The highest BCUT2D eigenvalue weighted by atomic mass is 16.5. The molecule has 3 saturated carbocycles. The van der Waals surface area contributed by atoms with E-state index in [1.807, 2.05) is 37.3 Å². The van der Waals surface area contributed by atoms with Crippen LogP contribution in [0.1, 0.15) is 64.4 Å². The first-order valence-electron chi connectivity index (χ1n) is 16.8. The molecule has 256 valence electrons. The molecule has 6 rings (SSSR count). The molecule has 11 heteroatoms.